The van der Waals surface area contributed by atoms with Crippen LogP contribution in [0, 0.1) is 6.92 Å². The molecule has 0 unspecified atom stereocenters. The Morgan fingerprint density at radius 1 is 1.53 bits per heavy atom. The summed E-state index contributed by atoms with van der Waals surface area (Å²) in [4.78, 5) is 0.236. The Hall–Kier alpha value is -0.840. The zero-order chi connectivity index (χ0) is 11.5. The lowest BCUT2D eigenvalue weighted by molar-refractivity contribution is 0.585. The summed E-state index contributed by atoms with van der Waals surface area (Å²) < 4.78 is 25.7. The standard InChI is InChI=1S/C10H12ClNO2S/c1-8-4-3-5-10(6-8)15(13,14)12-7-9(2)11/h3-6,12H,2,7H2,1H3. The van der Waals surface area contributed by atoms with Crippen LogP contribution >= 0.6 is 11.6 Å². The quantitative estimate of drug-likeness (QED) is 0.882. The van der Waals surface area contributed by atoms with E-state index in [0.717, 1.165) is 5.56 Å². The lowest BCUT2D eigenvalue weighted by atomic mass is 10.2. The Balaban J connectivity index is 2.91. The van der Waals surface area contributed by atoms with E-state index in [1.54, 1.807) is 12.1 Å². The maximum absolute atomic E-state index is 11.7. The van der Waals surface area contributed by atoms with Gasteiger partial charge in [-0.15, -0.1) is 0 Å². The SMILES string of the molecule is C=C(Cl)CNS(=O)(=O)c1cccc(C)c1. The van der Waals surface area contributed by atoms with E-state index in [4.69, 9.17) is 11.6 Å². The summed E-state index contributed by atoms with van der Waals surface area (Å²) in [5.74, 6) is 0. The third-order valence-corrected chi connectivity index (χ3v) is 3.29. The molecule has 0 bridgehead atoms. The average molecular weight is 246 g/mol. The largest absolute Gasteiger partial charge is 0.240 e. The number of hydrogen-bond donors (Lipinski definition) is 1. The Kier molecular flexibility index (Phi) is 3.90. The molecule has 0 saturated carbocycles. The van der Waals surface area contributed by atoms with E-state index >= 15 is 0 Å². The van der Waals surface area contributed by atoms with E-state index in [2.05, 4.69) is 11.3 Å². The van der Waals surface area contributed by atoms with E-state index < -0.39 is 10.0 Å². The van der Waals surface area contributed by atoms with Gasteiger partial charge in [0.2, 0.25) is 10.0 Å². The van der Waals surface area contributed by atoms with Crippen molar-refractivity contribution in [2.24, 2.45) is 0 Å². The molecule has 0 fully saturated rings. The first-order chi connectivity index (χ1) is 6.92. The monoisotopic (exact) mass is 245 g/mol. The fourth-order valence-corrected chi connectivity index (χ4v) is 2.31. The summed E-state index contributed by atoms with van der Waals surface area (Å²) >= 11 is 5.48. The highest BCUT2D eigenvalue weighted by molar-refractivity contribution is 7.89. The van der Waals surface area contributed by atoms with Crippen LogP contribution in [0.3, 0.4) is 0 Å². The maximum atomic E-state index is 11.7. The summed E-state index contributed by atoms with van der Waals surface area (Å²) in [5, 5.41) is 0.256. The second-order valence-corrected chi connectivity index (χ2v) is 5.46. The number of rotatable bonds is 4. The molecule has 5 heteroatoms. The zero-order valence-electron chi connectivity index (χ0n) is 8.33. The van der Waals surface area contributed by atoms with Crippen LogP contribution in [0.15, 0.2) is 40.8 Å². The van der Waals surface area contributed by atoms with E-state index in [9.17, 15) is 8.42 Å². The summed E-state index contributed by atoms with van der Waals surface area (Å²) in [6, 6.07) is 6.66. The molecule has 0 spiro atoms. The third kappa shape index (κ3) is 3.66. The molecule has 1 N–H and O–H groups in total. The van der Waals surface area contributed by atoms with Gasteiger partial charge < -0.3 is 0 Å². The Labute approximate surface area is 94.8 Å². The van der Waals surface area contributed by atoms with Crippen LogP contribution in [0.2, 0.25) is 0 Å². The minimum atomic E-state index is -3.47. The molecule has 0 atom stereocenters. The number of sulfonamides is 1. The first-order valence-corrected chi connectivity index (χ1v) is 6.17. The average Bonchev–Trinajstić information content (AvgIpc) is 2.15. The molecule has 82 valence electrons. The highest BCUT2D eigenvalue weighted by Crippen LogP contribution is 2.10. The van der Waals surface area contributed by atoms with Crippen LogP contribution in [0.4, 0.5) is 0 Å². The fraction of sp³-hybridized carbons (Fsp3) is 0.200. The van der Waals surface area contributed by atoms with Gasteiger partial charge in [-0.1, -0.05) is 30.3 Å². The van der Waals surface area contributed by atoms with Gasteiger partial charge in [0.1, 0.15) is 0 Å². The number of nitrogens with one attached hydrogen (secondary N) is 1. The van der Waals surface area contributed by atoms with Gasteiger partial charge in [0.05, 0.1) is 4.90 Å². The van der Waals surface area contributed by atoms with E-state index in [-0.39, 0.29) is 16.5 Å². The topological polar surface area (TPSA) is 46.2 Å². The molecule has 0 aliphatic rings. The van der Waals surface area contributed by atoms with Gasteiger partial charge in [-0.3, -0.25) is 0 Å². The molecule has 1 aromatic rings. The number of benzene rings is 1. The molecule has 1 rings (SSSR count). The van der Waals surface area contributed by atoms with Crippen LogP contribution in [0.5, 0.6) is 0 Å². The second kappa shape index (κ2) is 4.79. The van der Waals surface area contributed by atoms with Crippen molar-refractivity contribution in [2.75, 3.05) is 6.54 Å². The van der Waals surface area contributed by atoms with Crippen molar-refractivity contribution in [2.45, 2.75) is 11.8 Å². The van der Waals surface area contributed by atoms with Crippen molar-refractivity contribution in [1.82, 2.24) is 4.72 Å². The number of halogens is 1. The van der Waals surface area contributed by atoms with Crippen LogP contribution < -0.4 is 4.72 Å². The molecule has 0 amide bonds. The van der Waals surface area contributed by atoms with Gasteiger partial charge in [-0.2, -0.15) is 0 Å². The van der Waals surface area contributed by atoms with Gasteiger partial charge in [-0.25, -0.2) is 13.1 Å². The van der Waals surface area contributed by atoms with Crippen LogP contribution in [0.25, 0.3) is 0 Å². The molecule has 0 heterocycles. The molecular formula is C10H12ClNO2S. The fourth-order valence-electron chi connectivity index (χ4n) is 1.04. The normalized spacial score (nSPS) is 11.3. The van der Waals surface area contributed by atoms with Crippen molar-refractivity contribution in [3.05, 3.63) is 41.4 Å². The highest BCUT2D eigenvalue weighted by atomic mass is 35.5. The van der Waals surface area contributed by atoms with Gasteiger partial charge >= 0.3 is 0 Å². The summed E-state index contributed by atoms with van der Waals surface area (Å²) in [7, 11) is -3.47. The number of hydrogen-bond acceptors (Lipinski definition) is 2. The lowest BCUT2D eigenvalue weighted by Crippen LogP contribution is -2.24. The predicted molar refractivity (Wildman–Crippen MR) is 61.4 cm³/mol. The van der Waals surface area contributed by atoms with Gasteiger partial charge in [0, 0.05) is 11.6 Å². The van der Waals surface area contributed by atoms with Crippen molar-refractivity contribution >= 4 is 21.6 Å². The van der Waals surface area contributed by atoms with Crippen molar-refractivity contribution < 1.29 is 8.42 Å². The maximum Gasteiger partial charge on any atom is 0.240 e. The zero-order valence-corrected chi connectivity index (χ0v) is 9.90. The molecule has 1 aromatic carbocycles. The summed E-state index contributed by atoms with van der Waals surface area (Å²) in [6.45, 7) is 5.28. The molecule has 0 saturated heterocycles. The molecule has 0 radical (unpaired) electrons. The van der Waals surface area contributed by atoms with Gasteiger partial charge in [0.25, 0.3) is 0 Å². The molecular weight excluding hydrogens is 234 g/mol. The number of aryl methyl sites for hydroxylation is 1. The second-order valence-electron chi connectivity index (χ2n) is 3.16. The Morgan fingerprint density at radius 2 is 2.20 bits per heavy atom. The molecule has 0 aliphatic carbocycles. The van der Waals surface area contributed by atoms with Gasteiger partial charge in [0.15, 0.2) is 0 Å². The van der Waals surface area contributed by atoms with Gasteiger partial charge in [-0.05, 0) is 24.6 Å². The minimum Gasteiger partial charge on any atom is -0.207 e. The van der Waals surface area contributed by atoms with E-state index in [1.165, 1.54) is 6.07 Å². The van der Waals surface area contributed by atoms with Crippen molar-refractivity contribution in [3.8, 4) is 0 Å². The van der Waals surface area contributed by atoms with Crippen LogP contribution in [-0.2, 0) is 10.0 Å². The third-order valence-electron chi connectivity index (χ3n) is 1.75. The van der Waals surface area contributed by atoms with E-state index in [0.29, 0.717) is 0 Å². The minimum absolute atomic E-state index is 0.0395. The van der Waals surface area contributed by atoms with Crippen molar-refractivity contribution in [3.63, 3.8) is 0 Å². The lowest BCUT2D eigenvalue weighted by Gasteiger charge is -2.06. The first kappa shape index (κ1) is 12.2. The first-order valence-electron chi connectivity index (χ1n) is 4.31. The molecule has 15 heavy (non-hydrogen) atoms. The summed E-state index contributed by atoms with van der Waals surface area (Å²) in [5.41, 5.74) is 0.891. The van der Waals surface area contributed by atoms with E-state index in [1.807, 2.05) is 13.0 Å². The molecule has 0 aromatic heterocycles. The van der Waals surface area contributed by atoms with Crippen LogP contribution in [0.1, 0.15) is 5.56 Å². The van der Waals surface area contributed by atoms with Crippen LogP contribution in [-0.4, -0.2) is 15.0 Å². The molecule has 3 nitrogen and oxygen atoms in total. The summed E-state index contributed by atoms with van der Waals surface area (Å²) in [6.07, 6.45) is 0. The molecule has 0 aliphatic heterocycles. The van der Waals surface area contributed by atoms with Crippen molar-refractivity contribution in [1.29, 1.82) is 0 Å². The Bertz CT molecular complexity index is 468. The highest BCUT2D eigenvalue weighted by Gasteiger charge is 2.12. The Morgan fingerprint density at radius 3 is 2.73 bits per heavy atom. The smallest absolute Gasteiger partial charge is 0.207 e. The predicted octanol–water partition coefficient (Wildman–Crippen LogP) is 2.03.